The molecule has 0 aromatic rings. The molecule has 4 N–H and O–H groups in total. The first-order chi connectivity index (χ1) is 16.5. The van der Waals surface area contributed by atoms with Crippen molar-refractivity contribution < 1.29 is 4.79 Å². The van der Waals surface area contributed by atoms with Gasteiger partial charge in [0.2, 0.25) is 5.91 Å². The SMILES string of the molecule is CN1CCC(CNC(=O)C2CC3CCC(C(=N)N)CC3N2CC2CCCC3CCCCC32)CC1. The molecule has 5 rings (SSSR count). The van der Waals surface area contributed by atoms with Gasteiger partial charge < -0.3 is 16.0 Å². The molecule has 5 aliphatic rings. The molecule has 3 saturated carbocycles. The Kier molecular flexibility index (Phi) is 7.84. The largest absolute Gasteiger partial charge is 0.387 e. The molecule has 6 nitrogen and oxygen atoms in total. The van der Waals surface area contributed by atoms with Crippen LogP contribution in [0.15, 0.2) is 0 Å². The van der Waals surface area contributed by atoms with Crippen molar-refractivity contribution in [3.8, 4) is 0 Å². The number of carbonyl (C=O) groups is 1. The molecular weight excluding hydrogens is 422 g/mol. The summed E-state index contributed by atoms with van der Waals surface area (Å²) in [7, 11) is 2.20. The Balaban J connectivity index is 1.28. The van der Waals surface area contributed by atoms with Crippen LogP contribution in [0.25, 0.3) is 0 Å². The van der Waals surface area contributed by atoms with E-state index in [4.69, 9.17) is 11.1 Å². The van der Waals surface area contributed by atoms with E-state index in [-0.39, 0.29) is 17.9 Å². The minimum absolute atomic E-state index is 0.0240. The second-order valence-electron chi connectivity index (χ2n) is 12.6. The fourth-order valence-electron chi connectivity index (χ4n) is 8.54. The number of carbonyl (C=O) groups excluding carboxylic acids is 1. The molecule has 3 aliphatic carbocycles. The number of hydrogen-bond acceptors (Lipinski definition) is 4. The molecule has 2 saturated heterocycles. The van der Waals surface area contributed by atoms with Gasteiger partial charge in [-0.25, -0.2) is 0 Å². The standard InChI is InChI=1S/C28H49N5O/c1-32-13-11-19(12-14-32)17-31-28(34)26-15-21-9-10-22(27(29)30)16-25(21)33(26)18-23-7-4-6-20-5-2-3-8-24(20)23/h19-26H,2-18H2,1H3,(H3,29,30)(H,31,34). The summed E-state index contributed by atoms with van der Waals surface area (Å²) in [4.78, 5) is 18.7. The van der Waals surface area contributed by atoms with Crippen molar-refractivity contribution in [2.45, 2.75) is 95.6 Å². The molecular formula is C28H49N5O. The van der Waals surface area contributed by atoms with Crippen LogP contribution in [0.4, 0.5) is 0 Å². The maximum Gasteiger partial charge on any atom is 0.237 e. The minimum atomic E-state index is 0.0240. The van der Waals surface area contributed by atoms with E-state index in [2.05, 4.69) is 22.2 Å². The van der Waals surface area contributed by atoms with Crippen molar-refractivity contribution in [1.29, 1.82) is 5.41 Å². The van der Waals surface area contributed by atoms with Gasteiger partial charge in [0, 0.05) is 25.0 Å². The molecule has 6 heteroatoms. The lowest BCUT2D eigenvalue weighted by Gasteiger charge is -2.45. The van der Waals surface area contributed by atoms with Crippen molar-refractivity contribution >= 4 is 11.7 Å². The Hall–Kier alpha value is -1.14. The van der Waals surface area contributed by atoms with Crippen LogP contribution in [0.2, 0.25) is 0 Å². The predicted molar refractivity (Wildman–Crippen MR) is 138 cm³/mol. The number of hydrogen-bond donors (Lipinski definition) is 3. The van der Waals surface area contributed by atoms with E-state index in [1.165, 1.54) is 57.8 Å². The minimum Gasteiger partial charge on any atom is -0.387 e. The van der Waals surface area contributed by atoms with E-state index in [9.17, 15) is 4.79 Å². The first-order valence-electron chi connectivity index (χ1n) is 14.6. The number of nitrogens with two attached hydrogens (primary N) is 1. The summed E-state index contributed by atoms with van der Waals surface area (Å²) in [6.45, 7) is 4.24. The Morgan fingerprint density at radius 2 is 1.71 bits per heavy atom. The van der Waals surface area contributed by atoms with Gasteiger partial charge in [0.25, 0.3) is 0 Å². The van der Waals surface area contributed by atoms with E-state index >= 15 is 0 Å². The van der Waals surface area contributed by atoms with Gasteiger partial charge in [-0.05, 0) is 101 Å². The third kappa shape index (κ3) is 5.33. The summed E-state index contributed by atoms with van der Waals surface area (Å²) >= 11 is 0. The lowest BCUT2D eigenvalue weighted by molar-refractivity contribution is -0.126. The quantitative estimate of drug-likeness (QED) is 0.406. The molecule has 192 valence electrons. The number of rotatable bonds is 6. The number of piperidine rings is 1. The van der Waals surface area contributed by atoms with E-state index in [0.717, 1.165) is 69.6 Å². The van der Waals surface area contributed by atoms with Crippen molar-refractivity contribution in [2.24, 2.45) is 41.2 Å². The maximum absolute atomic E-state index is 13.6. The Bertz CT molecular complexity index is 718. The molecule has 2 heterocycles. The van der Waals surface area contributed by atoms with Crippen LogP contribution < -0.4 is 11.1 Å². The Labute approximate surface area is 207 Å². The zero-order valence-electron chi connectivity index (χ0n) is 21.5. The van der Waals surface area contributed by atoms with Crippen molar-refractivity contribution in [1.82, 2.24) is 15.1 Å². The van der Waals surface area contributed by atoms with E-state index in [1.807, 2.05) is 0 Å². The fourth-order valence-corrected chi connectivity index (χ4v) is 8.54. The average Bonchev–Trinajstić information content (AvgIpc) is 3.21. The summed E-state index contributed by atoms with van der Waals surface area (Å²) in [5.41, 5.74) is 5.98. The van der Waals surface area contributed by atoms with Crippen molar-refractivity contribution in [3.63, 3.8) is 0 Å². The lowest BCUT2D eigenvalue weighted by Crippen LogP contribution is -2.51. The maximum atomic E-state index is 13.6. The van der Waals surface area contributed by atoms with Crippen LogP contribution in [-0.4, -0.2) is 66.9 Å². The zero-order chi connectivity index (χ0) is 23.7. The van der Waals surface area contributed by atoms with Crippen LogP contribution in [0.3, 0.4) is 0 Å². The summed E-state index contributed by atoms with van der Waals surface area (Å²) in [6.07, 6.45) is 16.3. The Morgan fingerprint density at radius 3 is 2.50 bits per heavy atom. The molecule has 0 aromatic carbocycles. The average molecular weight is 472 g/mol. The van der Waals surface area contributed by atoms with Crippen molar-refractivity contribution in [3.05, 3.63) is 0 Å². The van der Waals surface area contributed by atoms with E-state index in [0.29, 0.717) is 23.7 Å². The summed E-state index contributed by atoms with van der Waals surface area (Å²) in [5, 5.41) is 11.5. The summed E-state index contributed by atoms with van der Waals surface area (Å²) in [6, 6.07) is 0.460. The zero-order valence-corrected chi connectivity index (χ0v) is 21.5. The molecule has 0 spiro atoms. The highest BCUT2D eigenvalue weighted by Gasteiger charge is 2.49. The molecule has 2 aliphatic heterocycles. The number of amidine groups is 1. The second kappa shape index (κ2) is 10.9. The van der Waals surface area contributed by atoms with Gasteiger partial charge >= 0.3 is 0 Å². The topological polar surface area (TPSA) is 85.5 Å². The van der Waals surface area contributed by atoms with Crippen LogP contribution in [0.5, 0.6) is 0 Å². The molecule has 0 aromatic heterocycles. The van der Waals surface area contributed by atoms with E-state index < -0.39 is 0 Å². The molecule has 5 fully saturated rings. The number of nitrogens with zero attached hydrogens (tertiary/aromatic N) is 2. The van der Waals surface area contributed by atoms with Gasteiger partial charge in [0.1, 0.15) is 0 Å². The van der Waals surface area contributed by atoms with Gasteiger partial charge in [-0.15, -0.1) is 0 Å². The van der Waals surface area contributed by atoms with Gasteiger partial charge in [-0.1, -0.05) is 32.1 Å². The summed E-state index contributed by atoms with van der Waals surface area (Å²) < 4.78 is 0. The van der Waals surface area contributed by atoms with Gasteiger partial charge in [-0.2, -0.15) is 0 Å². The molecule has 7 atom stereocenters. The van der Waals surface area contributed by atoms with Gasteiger partial charge in [-0.3, -0.25) is 15.1 Å². The number of nitrogens with one attached hydrogen (secondary N) is 2. The third-order valence-electron chi connectivity index (χ3n) is 10.6. The summed E-state index contributed by atoms with van der Waals surface area (Å²) in [5.74, 6) is 4.62. The van der Waals surface area contributed by atoms with E-state index in [1.54, 1.807) is 0 Å². The Morgan fingerprint density at radius 1 is 0.941 bits per heavy atom. The van der Waals surface area contributed by atoms with Gasteiger partial charge in [0.15, 0.2) is 0 Å². The molecule has 1 amide bonds. The third-order valence-corrected chi connectivity index (χ3v) is 10.6. The molecule has 7 unspecified atom stereocenters. The lowest BCUT2D eigenvalue weighted by atomic mass is 9.65. The van der Waals surface area contributed by atoms with Crippen LogP contribution in [0.1, 0.15) is 83.5 Å². The smallest absolute Gasteiger partial charge is 0.237 e. The number of fused-ring (bicyclic) bond motifs is 2. The second-order valence-corrected chi connectivity index (χ2v) is 12.6. The molecule has 0 radical (unpaired) electrons. The predicted octanol–water partition coefficient (Wildman–Crippen LogP) is 3.85. The van der Waals surface area contributed by atoms with Crippen LogP contribution in [0, 0.1) is 40.9 Å². The molecule has 0 bridgehead atoms. The monoisotopic (exact) mass is 471 g/mol. The highest BCUT2D eigenvalue weighted by Crippen LogP contribution is 2.47. The van der Waals surface area contributed by atoms with Crippen LogP contribution in [-0.2, 0) is 4.79 Å². The van der Waals surface area contributed by atoms with Crippen LogP contribution >= 0.6 is 0 Å². The number of amides is 1. The molecule has 34 heavy (non-hydrogen) atoms. The first-order valence-corrected chi connectivity index (χ1v) is 14.6. The van der Waals surface area contributed by atoms with Gasteiger partial charge in [0.05, 0.1) is 11.9 Å². The highest BCUT2D eigenvalue weighted by atomic mass is 16.2. The van der Waals surface area contributed by atoms with Crippen molar-refractivity contribution in [2.75, 3.05) is 33.2 Å². The number of likely N-dealkylation sites (tertiary alicyclic amines) is 2. The first kappa shape index (κ1) is 24.5. The normalized spacial score (nSPS) is 39.9. The highest BCUT2D eigenvalue weighted by molar-refractivity contribution is 5.82. The fraction of sp³-hybridized carbons (Fsp3) is 0.929.